The number of nitrogens with zero attached hydrogens (tertiary/aromatic N) is 1. The lowest BCUT2D eigenvalue weighted by atomic mass is 10.2. The van der Waals surface area contributed by atoms with Crippen LogP contribution in [-0.4, -0.2) is 10.9 Å². The molecule has 0 spiro atoms. The van der Waals surface area contributed by atoms with Gasteiger partial charge < -0.3 is 5.32 Å². The first kappa shape index (κ1) is 12.6. The number of hydrogen-bond donors (Lipinski definition) is 1. The molecule has 0 aliphatic heterocycles. The zero-order chi connectivity index (χ0) is 13.8. The maximum absolute atomic E-state index is 12.1. The third kappa shape index (κ3) is 2.75. The Bertz CT molecular complexity index is 708. The smallest absolute Gasteiger partial charge is 0.265 e. The molecule has 0 aliphatic rings. The molecule has 2 heterocycles. The van der Waals surface area contributed by atoms with Crippen LogP contribution in [0.5, 0.6) is 0 Å². The van der Waals surface area contributed by atoms with Gasteiger partial charge >= 0.3 is 0 Å². The van der Waals surface area contributed by atoms with Crippen LogP contribution in [-0.2, 0) is 0 Å². The fourth-order valence-electron chi connectivity index (χ4n) is 1.84. The van der Waals surface area contributed by atoms with E-state index in [2.05, 4.69) is 10.3 Å². The Hall–Kier alpha value is -2.46. The van der Waals surface area contributed by atoms with Crippen LogP contribution in [0.15, 0.2) is 67.0 Å². The number of carbonyl (C=O) groups is 1. The number of para-hydroxylation sites is 1. The molecule has 3 aromatic rings. The van der Waals surface area contributed by atoms with Gasteiger partial charge in [0.15, 0.2) is 0 Å². The van der Waals surface area contributed by atoms with E-state index in [0.29, 0.717) is 4.88 Å². The molecule has 0 aliphatic carbocycles. The van der Waals surface area contributed by atoms with Gasteiger partial charge in [-0.3, -0.25) is 9.78 Å². The Labute approximate surface area is 120 Å². The summed E-state index contributed by atoms with van der Waals surface area (Å²) in [6.07, 6.45) is 3.53. The average Bonchev–Trinajstić information content (AvgIpc) is 2.99. The van der Waals surface area contributed by atoms with Crippen molar-refractivity contribution in [2.24, 2.45) is 0 Å². The largest absolute Gasteiger partial charge is 0.321 e. The highest BCUT2D eigenvalue weighted by Gasteiger charge is 2.10. The number of anilines is 1. The monoisotopic (exact) mass is 280 g/mol. The fourth-order valence-corrected chi connectivity index (χ4v) is 2.73. The van der Waals surface area contributed by atoms with Gasteiger partial charge in [-0.25, -0.2) is 0 Å². The second-order valence-corrected chi connectivity index (χ2v) is 5.31. The number of aromatic nitrogens is 1. The van der Waals surface area contributed by atoms with E-state index in [1.807, 2.05) is 54.6 Å². The van der Waals surface area contributed by atoms with E-state index in [0.717, 1.165) is 16.1 Å². The van der Waals surface area contributed by atoms with Crippen LogP contribution in [0.1, 0.15) is 9.67 Å². The van der Waals surface area contributed by atoms with Gasteiger partial charge in [-0.1, -0.05) is 24.3 Å². The van der Waals surface area contributed by atoms with Crippen molar-refractivity contribution >= 4 is 22.9 Å². The summed E-state index contributed by atoms with van der Waals surface area (Å²) in [5.41, 5.74) is 1.82. The molecule has 4 heteroatoms. The summed E-state index contributed by atoms with van der Waals surface area (Å²) >= 11 is 1.46. The Balaban J connectivity index is 1.79. The Morgan fingerprint density at radius 1 is 1.00 bits per heavy atom. The van der Waals surface area contributed by atoms with Crippen LogP contribution in [0.2, 0.25) is 0 Å². The Morgan fingerprint density at radius 2 is 1.85 bits per heavy atom. The van der Waals surface area contributed by atoms with Gasteiger partial charge in [0.05, 0.1) is 4.88 Å². The third-order valence-corrected chi connectivity index (χ3v) is 3.94. The molecule has 2 aromatic heterocycles. The second-order valence-electron chi connectivity index (χ2n) is 4.23. The van der Waals surface area contributed by atoms with Crippen LogP contribution in [0.3, 0.4) is 0 Å². The molecule has 98 valence electrons. The number of amides is 1. The van der Waals surface area contributed by atoms with E-state index >= 15 is 0 Å². The van der Waals surface area contributed by atoms with Gasteiger partial charge in [0.2, 0.25) is 0 Å². The van der Waals surface area contributed by atoms with Crippen LogP contribution in [0, 0.1) is 0 Å². The van der Waals surface area contributed by atoms with Crippen molar-refractivity contribution in [1.29, 1.82) is 0 Å². The predicted molar refractivity (Wildman–Crippen MR) is 81.9 cm³/mol. The van der Waals surface area contributed by atoms with Gasteiger partial charge in [-0.15, -0.1) is 11.3 Å². The second kappa shape index (κ2) is 5.67. The van der Waals surface area contributed by atoms with Gasteiger partial charge in [0.1, 0.15) is 0 Å². The van der Waals surface area contributed by atoms with E-state index in [-0.39, 0.29) is 5.91 Å². The summed E-state index contributed by atoms with van der Waals surface area (Å²) in [6, 6.07) is 17.1. The first-order valence-electron chi connectivity index (χ1n) is 6.19. The number of thiophene rings is 1. The molecule has 1 aromatic carbocycles. The maximum Gasteiger partial charge on any atom is 0.265 e. The van der Waals surface area contributed by atoms with E-state index in [1.165, 1.54) is 11.3 Å². The number of pyridine rings is 1. The van der Waals surface area contributed by atoms with E-state index in [4.69, 9.17) is 0 Å². The van der Waals surface area contributed by atoms with Gasteiger partial charge in [0.25, 0.3) is 5.91 Å². The summed E-state index contributed by atoms with van der Waals surface area (Å²) < 4.78 is 0. The summed E-state index contributed by atoms with van der Waals surface area (Å²) in [4.78, 5) is 18.0. The highest BCUT2D eigenvalue weighted by Crippen LogP contribution is 2.27. The summed E-state index contributed by atoms with van der Waals surface area (Å²) in [5.74, 6) is -0.0867. The zero-order valence-electron chi connectivity index (χ0n) is 10.6. The number of hydrogen-bond acceptors (Lipinski definition) is 3. The van der Waals surface area contributed by atoms with Crippen molar-refractivity contribution in [3.8, 4) is 10.4 Å². The van der Waals surface area contributed by atoms with E-state index in [1.54, 1.807) is 12.4 Å². The quantitative estimate of drug-likeness (QED) is 0.786. The molecule has 0 radical (unpaired) electrons. The van der Waals surface area contributed by atoms with Crippen molar-refractivity contribution in [3.05, 3.63) is 71.9 Å². The fraction of sp³-hybridized carbons (Fsp3) is 0. The maximum atomic E-state index is 12.1. The molecule has 20 heavy (non-hydrogen) atoms. The molecular formula is C16H12N2OS. The summed E-state index contributed by atoms with van der Waals surface area (Å²) in [5, 5.41) is 2.88. The summed E-state index contributed by atoms with van der Waals surface area (Å²) in [6.45, 7) is 0. The highest BCUT2D eigenvalue weighted by atomic mass is 32.1. The number of nitrogens with one attached hydrogen (secondary N) is 1. The lowest BCUT2D eigenvalue weighted by Gasteiger charge is -2.02. The molecule has 1 amide bonds. The molecule has 0 atom stereocenters. The summed E-state index contributed by atoms with van der Waals surface area (Å²) in [7, 11) is 0. The van der Waals surface area contributed by atoms with Crippen LogP contribution < -0.4 is 5.32 Å². The van der Waals surface area contributed by atoms with Crippen molar-refractivity contribution in [2.45, 2.75) is 0 Å². The van der Waals surface area contributed by atoms with Gasteiger partial charge in [-0.05, 0) is 30.3 Å². The minimum Gasteiger partial charge on any atom is -0.321 e. The van der Waals surface area contributed by atoms with Crippen molar-refractivity contribution in [1.82, 2.24) is 4.98 Å². The van der Waals surface area contributed by atoms with Crippen molar-refractivity contribution in [3.63, 3.8) is 0 Å². The molecule has 0 bridgehead atoms. The molecule has 3 rings (SSSR count). The first-order valence-corrected chi connectivity index (χ1v) is 7.01. The Kier molecular flexibility index (Phi) is 3.56. The third-order valence-electron chi connectivity index (χ3n) is 2.81. The highest BCUT2D eigenvalue weighted by molar-refractivity contribution is 7.17. The molecule has 0 saturated carbocycles. The molecule has 3 nitrogen and oxygen atoms in total. The predicted octanol–water partition coefficient (Wildman–Crippen LogP) is 4.06. The number of carbonyl (C=O) groups excluding carboxylic acids is 1. The van der Waals surface area contributed by atoms with Crippen LogP contribution in [0.4, 0.5) is 5.69 Å². The average molecular weight is 280 g/mol. The molecule has 0 fully saturated rings. The lowest BCUT2D eigenvalue weighted by Crippen LogP contribution is -2.09. The SMILES string of the molecule is O=C(Nc1ccccc1)c1ccc(-c2cccnc2)s1. The van der Waals surface area contributed by atoms with E-state index in [9.17, 15) is 4.79 Å². The van der Waals surface area contributed by atoms with Crippen LogP contribution >= 0.6 is 11.3 Å². The zero-order valence-corrected chi connectivity index (χ0v) is 11.4. The van der Waals surface area contributed by atoms with Crippen molar-refractivity contribution < 1.29 is 4.79 Å². The molecule has 0 saturated heterocycles. The molecule has 1 N–H and O–H groups in total. The minimum absolute atomic E-state index is 0.0867. The minimum atomic E-state index is -0.0867. The molecule has 0 unspecified atom stereocenters. The standard InChI is InChI=1S/C16H12N2OS/c19-16(18-13-6-2-1-3-7-13)15-9-8-14(20-15)12-5-4-10-17-11-12/h1-11H,(H,18,19). The van der Waals surface area contributed by atoms with Gasteiger partial charge in [0, 0.05) is 28.5 Å². The van der Waals surface area contributed by atoms with Crippen molar-refractivity contribution in [2.75, 3.05) is 5.32 Å². The normalized spacial score (nSPS) is 10.2. The first-order chi connectivity index (χ1) is 9.83. The Morgan fingerprint density at radius 3 is 2.60 bits per heavy atom. The topological polar surface area (TPSA) is 42.0 Å². The van der Waals surface area contributed by atoms with Crippen LogP contribution in [0.25, 0.3) is 10.4 Å². The van der Waals surface area contributed by atoms with Gasteiger partial charge in [-0.2, -0.15) is 0 Å². The number of rotatable bonds is 3. The number of benzene rings is 1. The molecular weight excluding hydrogens is 268 g/mol. The van der Waals surface area contributed by atoms with E-state index < -0.39 is 0 Å². The lowest BCUT2D eigenvalue weighted by molar-refractivity contribution is 0.103.